The second kappa shape index (κ2) is 8.03. The molecule has 7 nitrogen and oxygen atoms in total. The molecular weight excluding hydrogens is 338 g/mol. The molecule has 26 heavy (non-hydrogen) atoms. The molecule has 140 valence electrons. The molecule has 0 saturated heterocycles. The number of nitrogens with one attached hydrogen (secondary N) is 1. The maximum atomic E-state index is 12.2. The number of hydrogen-bond acceptors (Lipinski definition) is 5. The molecule has 2 atom stereocenters. The first-order valence-corrected chi connectivity index (χ1v) is 8.49. The van der Waals surface area contributed by atoms with E-state index in [1.54, 1.807) is 32.0 Å². The summed E-state index contributed by atoms with van der Waals surface area (Å²) in [6.07, 6.45) is -0.221. The zero-order chi connectivity index (χ0) is 19.4. The van der Waals surface area contributed by atoms with Gasteiger partial charge in [-0.3, -0.25) is 4.79 Å². The fourth-order valence-corrected chi connectivity index (χ4v) is 2.62. The zero-order valence-corrected chi connectivity index (χ0v) is 15.2. The molecule has 0 aliphatic heterocycles. The summed E-state index contributed by atoms with van der Waals surface area (Å²) in [5.74, 6) is -1.53. The van der Waals surface area contributed by atoms with Crippen molar-refractivity contribution in [2.75, 3.05) is 0 Å². The Morgan fingerprint density at radius 1 is 1.23 bits per heavy atom. The molecule has 0 fully saturated rings. The fourth-order valence-electron chi connectivity index (χ4n) is 2.62. The molecule has 7 heteroatoms. The predicted octanol–water partition coefficient (Wildman–Crippen LogP) is 2.35. The van der Waals surface area contributed by atoms with Crippen molar-refractivity contribution in [1.29, 1.82) is 0 Å². The van der Waals surface area contributed by atoms with Gasteiger partial charge >= 0.3 is 11.6 Å². The van der Waals surface area contributed by atoms with Gasteiger partial charge in [-0.15, -0.1) is 0 Å². The lowest BCUT2D eigenvalue weighted by Crippen LogP contribution is -2.48. The van der Waals surface area contributed by atoms with Crippen LogP contribution in [0.15, 0.2) is 33.5 Å². The maximum absolute atomic E-state index is 12.2. The summed E-state index contributed by atoms with van der Waals surface area (Å²) in [6, 6.07) is 5.47. The van der Waals surface area contributed by atoms with Crippen molar-refractivity contribution in [2.45, 2.75) is 46.3 Å². The van der Waals surface area contributed by atoms with Gasteiger partial charge in [0, 0.05) is 17.5 Å². The van der Waals surface area contributed by atoms with E-state index in [0.717, 1.165) is 10.9 Å². The van der Waals surface area contributed by atoms with Gasteiger partial charge in [0.15, 0.2) is 6.10 Å². The summed E-state index contributed by atoms with van der Waals surface area (Å²) in [5, 5.41) is 12.4. The normalized spacial score (nSPS) is 13.4. The van der Waals surface area contributed by atoms with Crippen molar-refractivity contribution < 1.29 is 23.8 Å². The van der Waals surface area contributed by atoms with Crippen molar-refractivity contribution in [1.82, 2.24) is 5.32 Å². The number of fused-ring (bicyclic) bond motifs is 1. The largest absolute Gasteiger partial charge is 0.481 e. The van der Waals surface area contributed by atoms with Crippen LogP contribution in [0.5, 0.6) is 5.75 Å². The first-order valence-electron chi connectivity index (χ1n) is 8.49. The average Bonchev–Trinajstić information content (AvgIpc) is 2.57. The van der Waals surface area contributed by atoms with Gasteiger partial charge < -0.3 is 19.6 Å². The van der Waals surface area contributed by atoms with Gasteiger partial charge in [0.2, 0.25) is 0 Å². The summed E-state index contributed by atoms with van der Waals surface area (Å²) in [5.41, 5.74) is 0.804. The van der Waals surface area contributed by atoms with E-state index in [-0.39, 0.29) is 5.92 Å². The highest BCUT2D eigenvalue weighted by Crippen LogP contribution is 2.23. The highest BCUT2D eigenvalue weighted by Gasteiger charge is 2.26. The Kier molecular flexibility index (Phi) is 6.02. The van der Waals surface area contributed by atoms with Crippen LogP contribution in [-0.2, 0) is 16.0 Å². The SMILES string of the molecule is CCc1cc(=O)oc2cc(OC(C)C(=O)N[C@@H](C(=O)O)C(C)C)ccc12. The lowest BCUT2D eigenvalue weighted by Gasteiger charge is -2.21. The molecule has 0 saturated carbocycles. The number of carbonyl (C=O) groups is 2. The minimum Gasteiger partial charge on any atom is -0.481 e. The summed E-state index contributed by atoms with van der Waals surface area (Å²) >= 11 is 0. The maximum Gasteiger partial charge on any atom is 0.336 e. The second-order valence-corrected chi connectivity index (χ2v) is 6.43. The summed E-state index contributed by atoms with van der Waals surface area (Å²) in [6.45, 7) is 6.89. The molecule has 0 aliphatic rings. The number of aliphatic carboxylic acids is 1. The predicted molar refractivity (Wildman–Crippen MR) is 96.4 cm³/mol. The van der Waals surface area contributed by atoms with E-state index in [4.69, 9.17) is 14.3 Å². The highest BCUT2D eigenvalue weighted by atomic mass is 16.5. The van der Waals surface area contributed by atoms with Gasteiger partial charge in [-0.1, -0.05) is 20.8 Å². The van der Waals surface area contributed by atoms with Crippen LogP contribution in [-0.4, -0.2) is 29.1 Å². The Bertz CT molecular complexity index is 870. The zero-order valence-electron chi connectivity index (χ0n) is 15.2. The van der Waals surface area contributed by atoms with Crippen molar-refractivity contribution in [3.05, 3.63) is 40.2 Å². The molecule has 2 N–H and O–H groups in total. The third-order valence-electron chi connectivity index (χ3n) is 4.10. The molecule has 2 rings (SSSR count). The minimum absolute atomic E-state index is 0.258. The van der Waals surface area contributed by atoms with Crippen LogP contribution in [0.3, 0.4) is 0 Å². The quantitative estimate of drug-likeness (QED) is 0.733. The Morgan fingerprint density at radius 3 is 2.50 bits per heavy atom. The minimum atomic E-state index is -1.10. The highest BCUT2D eigenvalue weighted by molar-refractivity contribution is 5.86. The molecule has 1 aromatic carbocycles. The van der Waals surface area contributed by atoms with E-state index in [1.165, 1.54) is 13.0 Å². The van der Waals surface area contributed by atoms with E-state index in [1.807, 2.05) is 6.92 Å². The first kappa shape index (κ1) is 19.5. The van der Waals surface area contributed by atoms with E-state index in [0.29, 0.717) is 17.8 Å². The van der Waals surface area contributed by atoms with E-state index < -0.39 is 29.6 Å². The van der Waals surface area contributed by atoms with Crippen LogP contribution >= 0.6 is 0 Å². The number of aryl methyl sites for hydroxylation is 1. The molecule has 0 spiro atoms. The Labute approximate surface area is 151 Å². The number of rotatable bonds is 7. The molecule has 2 aromatic rings. The monoisotopic (exact) mass is 361 g/mol. The number of carbonyl (C=O) groups excluding carboxylic acids is 1. The standard InChI is InChI=1S/C19H23NO6/c1-5-12-8-16(21)26-15-9-13(6-7-14(12)15)25-11(4)18(22)20-17(10(2)3)19(23)24/h6-11,17H,5H2,1-4H3,(H,20,22)(H,23,24)/t11?,17-/m1/s1. The molecule has 0 radical (unpaired) electrons. The van der Waals surface area contributed by atoms with E-state index in [9.17, 15) is 14.4 Å². The van der Waals surface area contributed by atoms with Crippen molar-refractivity contribution in [3.63, 3.8) is 0 Å². The van der Waals surface area contributed by atoms with Gasteiger partial charge in [0.05, 0.1) is 0 Å². The van der Waals surface area contributed by atoms with Gasteiger partial charge in [-0.2, -0.15) is 0 Å². The van der Waals surface area contributed by atoms with Crippen molar-refractivity contribution in [3.8, 4) is 5.75 Å². The number of carboxylic acids is 1. The Balaban J connectivity index is 2.18. The van der Waals surface area contributed by atoms with Crippen LogP contribution in [0.1, 0.15) is 33.3 Å². The summed E-state index contributed by atoms with van der Waals surface area (Å²) < 4.78 is 10.8. The topological polar surface area (TPSA) is 106 Å². The Morgan fingerprint density at radius 2 is 1.92 bits per heavy atom. The third-order valence-corrected chi connectivity index (χ3v) is 4.10. The molecule has 1 aromatic heterocycles. The molecule has 1 amide bonds. The molecular formula is C19H23NO6. The number of amides is 1. The number of benzene rings is 1. The van der Waals surface area contributed by atoms with Crippen LogP contribution in [0.25, 0.3) is 11.0 Å². The smallest absolute Gasteiger partial charge is 0.336 e. The van der Waals surface area contributed by atoms with E-state index >= 15 is 0 Å². The van der Waals surface area contributed by atoms with Gasteiger partial charge in [0.1, 0.15) is 17.4 Å². The van der Waals surface area contributed by atoms with Crippen LogP contribution in [0.4, 0.5) is 0 Å². The third kappa shape index (κ3) is 4.41. The molecule has 0 bridgehead atoms. The number of ether oxygens (including phenoxy) is 1. The molecule has 0 aliphatic carbocycles. The summed E-state index contributed by atoms with van der Waals surface area (Å²) in [4.78, 5) is 35.0. The first-order chi connectivity index (χ1) is 12.2. The van der Waals surface area contributed by atoms with Gasteiger partial charge in [-0.05, 0) is 37.0 Å². The molecule has 1 unspecified atom stereocenters. The van der Waals surface area contributed by atoms with Gasteiger partial charge in [-0.25, -0.2) is 9.59 Å². The second-order valence-electron chi connectivity index (χ2n) is 6.43. The van der Waals surface area contributed by atoms with Crippen LogP contribution < -0.4 is 15.7 Å². The lowest BCUT2D eigenvalue weighted by molar-refractivity contribution is -0.144. The fraction of sp³-hybridized carbons (Fsp3) is 0.421. The van der Waals surface area contributed by atoms with Crippen LogP contribution in [0.2, 0.25) is 0 Å². The number of carboxylic acid groups (broad SMARTS) is 1. The van der Waals surface area contributed by atoms with Crippen molar-refractivity contribution in [2.24, 2.45) is 5.92 Å². The Hall–Kier alpha value is -2.83. The van der Waals surface area contributed by atoms with Crippen molar-refractivity contribution >= 4 is 22.8 Å². The van der Waals surface area contributed by atoms with Crippen LogP contribution in [0, 0.1) is 5.92 Å². The molecule has 1 heterocycles. The summed E-state index contributed by atoms with van der Waals surface area (Å²) in [7, 11) is 0. The van der Waals surface area contributed by atoms with Gasteiger partial charge in [0.25, 0.3) is 5.91 Å². The van der Waals surface area contributed by atoms with E-state index in [2.05, 4.69) is 5.32 Å². The number of hydrogen-bond donors (Lipinski definition) is 2. The lowest BCUT2D eigenvalue weighted by atomic mass is 10.0. The average molecular weight is 361 g/mol.